The fourth-order valence-electron chi connectivity index (χ4n) is 6.43. The first kappa shape index (κ1) is 27.3. The van der Waals surface area contributed by atoms with Crippen LogP contribution in [0.3, 0.4) is 0 Å². The van der Waals surface area contributed by atoms with Gasteiger partial charge in [0.05, 0.1) is 11.3 Å². The van der Waals surface area contributed by atoms with Gasteiger partial charge < -0.3 is 24.6 Å². The summed E-state index contributed by atoms with van der Waals surface area (Å²) in [6.07, 6.45) is 6.15. The van der Waals surface area contributed by atoms with E-state index in [0.29, 0.717) is 5.82 Å². The highest BCUT2D eigenvalue weighted by Crippen LogP contribution is 2.52. The number of rotatable bonds is 8. The molecule has 4 heterocycles. The van der Waals surface area contributed by atoms with Crippen LogP contribution >= 0.6 is 0 Å². The molecule has 11 heteroatoms. The Morgan fingerprint density at radius 2 is 1.93 bits per heavy atom. The van der Waals surface area contributed by atoms with Crippen LogP contribution in [0.4, 0.5) is 10.2 Å². The van der Waals surface area contributed by atoms with Gasteiger partial charge in [-0.15, -0.1) is 10.2 Å². The number of fused-ring (bicyclic) bond motifs is 1. The van der Waals surface area contributed by atoms with Crippen molar-refractivity contribution >= 4 is 11.7 Å². The second-order valence-electron chi connectivity index (χ2n) is 11.9. The standard InChI is InChI=1S/C30H36FN7O3/c1-18(2)38(19(3)4)29(39)22-6-5-7-23(31)26(22)41-28-27(34-17-35-36-28)37-15-30(16-37)12-20(13-30)40-25-9-11-33-24-14-32-10-8-21(24)25/h5-7,9,11,17-20,32H,8,10,12-16H2,1-4H3. The van der Waals surface area contributed by atoms with E-state index < -0.39 is 5.82 Å². The summed E-state index contributed by atoms with van der Waals surface area (Å²) in [4.78, 5) is 26.1. The summed E-state index contributed by atoms with van der Waals surface area (Å²) in [5, 5.41) is 11.4. The van der Waals surface area contributed by atoms with Crippen LogP contribution in [0.15, 0.2) is 36.8 Å². The lowest BCUT2D eigenvalue weighted by Gasteiger charge is -2.58. The van der Waals surface area contributed by atoms with Crippen molar-refractivity contribution in [3.8, 4) is 17.4 Å². The molecule has 0 bridgehead atoms. The minimum atomic E-state index is -0.645. The molecule has 0 unspecified atom stereocenters. The maximum absolute atomic E-state index is 15.1. The number of hydrogen-bond donors (Lipinski definition) is 1. The SMILES string of the molecule is CC(C)N(C(=O)c1cccc(F)c1Oc1nncnc1N1CC2(CC(Oc3ccnc4c3CCNC4)C2)C1)C(C)C. The summed E-state index contributed by atoms with van der Waals surface area (Å²) >= 11 is 0. The first-order valence-electron chi connectivity index (χ1n) is 14.3. The average molecular weight is 562 g/mol. The van der Waals surface area contributed by atoms with Gasteiger partial charge in [0.2, 0.25) is 0 Å². The topological polar surface area (TPSA) is 106 Å². The zero-order chi connectivity index (χ0) is 28.7. The van der Waals surface area contributed by atoms with Gasteiger partial charge in [0, 0.05) is 48.9 Å². The number of hydrogen-bond acceptors (Lipinski definition) is 9. The van der Waals surface area contributed by atoms with Crippen LogP contribution in [0, 0.1) is 11.2 Å². The highest BCUT2D eigenvalue weighted by molar-refractivity contribution is 5.97. The lowest BCUT2D eigenvalue weighted by Crippen LogP contribution is -2.65. The molecule has 1 N–H and O–H groups in total. The van der Waals surface area contributed by atoms with E-state index in [1.54, 1.807) is 11.0 Å². The molecule has 6 rings (SSSR count). The molecule has 1 saturated heterocycles. The molecule has 0 radical (unpaired) electrons. The molecule has 1 spiro atoms. The third-order valence-electron chi connectivity index (χ3n) is 8.23. The van der Waals surface area contributed by atoms with Crippen molar-refractivity contribution in [1.29, 1.82) is 0 Å². The molecule has 2 aromatic heterocycles. The van der Waals surface area contributed by atoms with Gasteiger partial charge in [-0.2, -0.15) is 0 Å². The van der Waals surface area contributed by atoms with Gasteiger partial charge in [0.15, 0.2) is 17.4 Å². The number of para-hydroxylation sites is 1. The third-order valence-corrected chi connectivity index (χ3v) is 8.23. The van der Waals surface area contributed by atoms with E-state index in [1.165, 1.54) is 24.0 Å². The molecule has 1 aliphatic carbocycles. The Morgan fingerprint density at radius 3 is 2.68 bits per heavy atom. The Morgan fingerprint density at radius 1 is 1.15 bits per heavy atom. The molecule has 10 nitrogen and oxygen atoms in total. The maximum atomic E-state index is 15.1. The number of pyridine rings is 1. The predicted molar refractivity (Wildman–Crippen MR) is 151 cm³/mol. The van der Waals surface area contributed by atoms with E-state index in [1.807, 2.05) is 40.0 Å². The molecule has 1 amide bonds. The average Bonchev–Trinajstić information content (AvgIpc) is 2.90. The summed E-state index contributed by atoms with van der Waals surface area (Å²) in [6, 6.07) is 6.19. The Balaban J connectivity index is 1.14. The van der Waals surface area contributed by atoms with Crippen LogP contribution in [-0.4, -0.2) is 68.8 Å². The summed E-state index contributed by atoms with van der Waals surface area (Å²) in [5.74, 6) is 0.386. The molecule has 216 valence electrons. The van der Waals surface area contributed by atoms with Gasteiger partial charge in [-0.25, -0.2) is 9.37 Å². The Hall–Kier alpha value is -3.86. The summed E-state index contributed by atoms with van der Waals surface area (Å²) in [7, 11) is 0. The van der Waals surface area contributed by atoms with Crippen LogP contribution in [0.5, 0.6) is 17.4 Å². The largest absolute Gasteiger partial charge is 0.490 e. The van der Waals surface area contributed by atoms with Crippen molar-refractivity contribution in [3.63, 3.8) is 0 Å². The number of nitrogens with zero attached hydrogens (tertiary/aromatic N) is 6. The van der Waals surface area contributed by atoms with E-state index in [-0.39, 0.29) is 46.7 Å². The van der Waals surface area contributed by atoms with Gasteiger partial charge in [0.1, 0.15) is 18.2 Å². The van der Waals surface area contributed by atoms with Crippen molar-refractivity contribution < 1.29 is 18.7 Å². The highest BCUT2D eigenvalue weighted by Gasteiger charge is 2.54. The summed E-state index contributed by atoms with van der Waals surface area (Å²) in [5.41, 5.74) is 2.56. The van der Waals surface area contributed by atoms with Crippen molar-refractivity contribution in [2.45, 2.75) is 71.7 Å². The van der Waals surface area contributed by atoms with Crippen LogP contribution in [0.2, 0.25) is 0 Å². The number of amides is 1. The predicted octanol–water partition coefficient (Wildman–Crippen LogP) is 4.15. The number of halogens is 1. The molecule has 1 saturated carbocycles. The summed E-state index contributed by atoms with van der Waals surface area (Å²) < 4.78 is 27.5. The molecule has 41 heavy (non-hydrogen) atoms. The minimum Gasteiger partial charge on any atom is -0.490 e. The van der Waals surface area contributed by atoms with Crippen LogP contribution < -0.4 is 19.7 Å². The first-order valence-corrected chi connectivity index (χ1v) is 14.3. The smallest absolute Gasteiger partial charge is 0.282 e. The minimum absolute atomic E-state index is 0.0686. The van der Waals surface area contributed by atoms with Gasteiger partial charge >= 0.3 is 0 Å². The second kappa shape index (κ2) is 10.8. The van der Waals surface area contributed by atoms with E-state index >= 15 is 4.39 Å². The molecule has 1 aromatic carbocycles. The van der Waals surface area contributed by atoms with Gasteiger partial charge in [-0.3, -0.25) is 9.78 Å². The Bertz CT molecular complexity index is 1430. The lowest BCUT2D eigenvalue weighted by atomic mass is 9.61. The number of nitrogens with one attached hydrogen (secondary N) is 1. The van der Waals surface area contributed by atoms with Gasteiger partial charge in [-0.05, 0) is 71.7 Å². The van der Waals surface area contributed by atoms with E-state index in [0.717, 1.165) is 56.9 Å². The fourth-order valence-corrected chi connectivity index (χ4v) is 6.43. The third kappa shape index (κ3) is 5.18. The zero-order valence-electron chi connectivity index (χ0n) is 23.9. The zero-order valence-corrected chi connectivity index (χ0v) is 23.9. The van der Waals surface area contributed by atoms with Gasteiger partial charge in [-0.1, -0.05) is 6.07 Å². The highest BCUT2D eigenvalue weighted by atomic mass is 19.1. The number of anilines is 1. The van der Waals surface area contributed by atoms with E-state index in [4.69, 9.17) is 9.47 Å². The quantitative estimate of drug-likeness (QED) is 0.434. The molecular formula is C30H36FN7O3. The number of benzene rings is 1. The normalized spacial score (nSPS) is 17.7. The van der Waals surface area contributed by atoms with Crippen LogP contribution in [0.1, 0.15) is 62.2 Å². The van der Waals surface area contributed by atoms with Crippen molar-refractivity contribution in [1.82, 2.24) is 30.4 Å². The van der Waals surface area contributed by atoms with E-state index in [9.17, 15) is 4.79 Å². The summed E-state index contributed by atoms with van der Waals surface area (Å²) in [6.45, 7) is 11.0. The first-order chi connectivity index (χ1) is 19.7. The molecule has 2 fully saturated rings. The number of aromatic nitrogens is 4. The molecular weight excluding hydrogens is 525 g/mol. The molecule has 0 atom stereocenters. The molecule has 3 aliphatic rings. The van der Waals surface area contributed by atoms with Crippen molar-refractivity contribution in [2.75, 3.05) is 24.5 Å². The Labute approximate surface area is 239 Å². The molecule has 2 aliphatic heterocycles. The van der Waals surface area contributed by atoms with Crippen molar-refractivity contribution in [2.24, 2.45) is 5.41 Å². The van der Waals surface area contributed by atoms with Crippen molar-refractivity contribution in [3.05, 3.63) is 59.4 Å². The second-order valence-corrected chi connectivity index (χ2v) is 11.9. The monoisotopic (exact) mass is 561 g/mol. The molecule has 3 aromatic rings. The number of carbonyl (C=O) groups is 1. The number of carbonyl (C=O) groups excluding carboxylic acids is 1. The van der Waals surface area contributed by atoms with Gasteiger partial charge in [0.25, 0.3) is 11.8 Å². The maximum Gasteiger partial charge on any atom is 0.282 e. The number of ether oxygens (including phenoxy) is 2. The fraction of sp³-hybridized carbons (Fsp3) is 0.500. The van der Waals surface area contributed by atoms with Crippen LogP contribution in [-0.2, 0) is 13.0 Å². The van der Waals surface area contributed by atoms with E-state index in [2.05, 4.69) is 30.4 Å². The lowest BCUT2D eigenvalue weighted by molar-refractivity contribution is -0.0350. The Kier molecular flexibility index (Phi) is 7.23. The van der Waals surface area contributed by atoms with Crippen LogP contribution in [0.25, 0.3) is 0 Å².